The molecule has 0 saturated heterocycles. The Labute approximate surface area is 55.9 Å². The van der Waals surface area contributed by atoms with Crippen LogP contribution in [0.5, 0.6) is 0 Å². The zero-order valence-electron chi connectivity index (χ0n) is 5.26. The number of aromatic nitrogens is 6. The Morgan fingerprint density at radius 2 is 2.40 bits per heavy atom. The van der Waals surface area contributed by atoms with Crippen LogP contribution in [0.1, 0.15) is 5.69 Å². The van der Waals surface area contributed by atoms with Crippen LogP contribution < -0.4 is 0 Å². The average molecular weight is 136 g/mol. The Morgan fingerprint density at radius 3 is 3.30 bits per heavy atom. The number of hydrogen-bond donors (Lipinski definition) is 0. The second kappa shape index (κ2) is 1.69. The molecule has 6 heteroatoms. The summed E-state index contributed by atoms with van der Waals surface area (Å²) in [6, 6.07) is 0. The molecule has 2 aromatic rings. The molecule has 0 aromatic carbocycles. The third kappa shape index (κ3) is 0.619. The molecule has 10 heavy (non-hydrogen) atoms. The van der Waals surface area contributed by atoms with Crippen LogP contribution in [0.3, 0.4) is 0 Å². The second-order valence-corrected chi connectivity index (χ2v) is 1.87. The number of fused-ring (bicyclic) bond motifs is 1. The van der Waals surface area contributed by atoms with E-state index in [0.29, 0.717) is 5.78 Å². The molecule has 0 bridgehead atoms. The van der Waals surface area contributed by atoms with Crippen molar-refractivity contribution in [3.05, 3.63) is 11.9 Å². The molecule has 0 N–H and O–H groups in total. The van der Waals surface area contributed by atoms with Crippen molar-refractivity contribution >= 4 is 5.78 Å². The maximum Gasteiger partial charge on any atom is 0.291 e. The minimum atomic E-state index is 0.431. The van der Waals surface area contributed by atoms with Crippen LogP contribution in [0.15, 0.2) is 6.20 Å². The first-order valence-electron chi connectivity index (χ1n) is 2.74. The first kappa shape index (κ1) is 5.21. The molecule has 0 aliphatic carbocycles. The molecule has 0 saturated carbocycles. The Bertz CT molecular complexity index is 351. The quantitative estimate of drug-likeness (QED) is 0.475. The summed E-state index contributed by atoms with van der Waals surface area (Å²) >= 11 is 0. The van der Waals surface area contributed by atoms with E-state index >= 15 is 0 Å². The molecule has 2 rings (SSSR count). The highest BCUT2D eigenvalue weighted by molar-refractivity contribution is 5.20. The second-order valence-electron chi connectivity index (χ2n) is 1.87. The van der Waals surface area contributed by atoms with Crippen LogP contribution in [0.2, 0.25) is 0 Å². The molecule has 0 spiro atoms. The van der Waals surface area contributed by atoms with Crippen molar-refractivity contribution < 1.29 is 0 Å². The topological polar surface area (TPSA) is 68.9 Å². The Balaban J connectivity index is 2.86. The highest BCUT2D eigenvalue weighted by atomic mass is 15.6. The number of tetrazole rings is 1. The highest BCUT2D eigenvalue weighted by Crippen LogP contribution is 1.89. The summed E-state index contributed by atoms with van der Waals surface area (Å²) in [4.78, 5) is 4.00. The lowest BCUT2D eigenvalue weighted by atomic mass is 10.5. The Kier molecular flexibility index (Phi) is 0.883. The smallest absolute Gasteiger partial charge is 0.212 e. The third-order valence-electron chi connectivity index (χ3n) is 1.07. The van der Waals surface area contributed by atoms with E-state index in [1.165, 1.54) is 4.63 Å². The lowest BCUT2D eigenvalue weighted by Gasteiger charge is -1.87. The number of aryl methyl sites for hydroxylation is 1. The van der Waals surface area contributed by atoms with Crippen molar-refractivity contribution in [3.63, 3.8) is 0 Å². The minimum Gasteiger partial charge on any atom is -0.212 e. The van der Waals surface area contributed by atoms with Gasteiger partial charge >= 0.3 is 0 Å². The summed E-state index contributed by atoms with van der Waals surface area (Å²) in [5.74, 6) is 0.431. The standard InChI is InChI=1S/C4H4N6/c1-3-2-5-10-4(6-3)7-8-9-10/h2H,1H3. The Morgan fingerprint density at radius 1 is 1.50 bits per heavy atom. The summed E-state index contributed by atoms with van der Waals surface area (Å²) in [6.45, 7) is 1.84. The van der Waals surface area contributed by atoms with E-state index in [0.717, 1.165) is 5.69 Å². The van der Waals surface area contributed by atoms with Crippen LogP contribution in [-0.4, -0.2) is 30.2 Å². The van der Waals surface area contributed by atoms with Gasteiger partial charge < -0.3 is 0 Å². The molecule has 0 amide bonds. The predicted octanol–water partition coefficient (Wildman–Crippen LogP) is -0.777. The van der Waals surface area contributed by atoms with Crippen molar-refractivity contribution in [1.82, 2.24) is 30.2 Å². The summed E-state index contributed by atoms with van der Waals surface area (Å²) < 4.78 is 1.27. The van der Waals surface area contributed by atoms with Gasteiger partial charge in [0, 0.05) is 0 Å². The third-order valence-corrected chi connectivity index (χ3v) is 1.07. The van der Waals surface area contributed by atoms with Crippen molar-refractivity contribution in [3.8, 4) is 0 Å². The van der Waals surface area contributed by atoms with Gasteiger partial charge in [-0.1, -0.05) is 9.73 Å². The van der Waals surface area contributed by atoms with Crippen LogP contribution >= 0.6 is 0 Å². The predicted molar refractivity (Wildman–Crippen MR) is 31.1 cm³/mol. The zero-order chi connectivity index (χ0) is 6.97. The SMILES string of the molecule is Cc1cnn2nnnc2n1. The lowest BCUT2D eigenvalue weighted by molar-refractivity contribution is 0.721. The molecule has 50 valence electrons. The molecule has 0 unspecified atom stereocenters. The fourth-order valence-corrected chi connectivity index (χ4v) is 0.645. The Hall–Kier alpha value is -1.59. The van der Waals surface area contributed by atoms with Crippen molar-refractivity contribution in [2.45, 2.75) is 6.92 Å². The molecule has 0 aliphatic heterocycles. The summed E-state index contributed by atoms with van der Waals surface area (Å²) in [6.07, 6.45) is 1.60. The van der Waals surface area contributed by atoms with Gasteiger partial charge in [0.1, 0.15) is 0 Å². The fourth-order valence-electron chi connectivity index (χ4n) is 0.645. The first-order chi connectivity index (χ1) is 4.86. The van der Waals surface area contributed by atoms with Crippen molar-refractivity contribution in [1.29, 1.82) is 0 Å². The van der Waals surface area contributed by atoms with E-state index in [-0.39, 0.29) is 0 Å². The molecular formula is C4H4N6. The van der Waals surface area contributed by atoms with E-state index < -0.39 is 0 Å². The normalized spacial score (nSPS) is 10.5. The molecule has 6 nitrogen and oxygen atoms in total. The molecule has 0 radical (unpaired) electrons. The zero-order valence-corrected chi connectivity index (χ0v) is 5.26. The van der Waals surface area contributed by atoms with Crippen LogP contribution in [-0.2, 0) is 0 Å². The number of nitrogens with zero attached hydrogens (tertiary/aromatic N) is 6. The summed E-state index contributed by atoms with van der Waals surface area (Å²) in [5.41, 5.74) is 0.808. The number of hydrogen-bond acceptors (Lipinski definition) is 5. The average Bonchev–Trinajstić information content (AvgIpc) is 2.33. The van der Waals surface area contributed by atoms with Gasteiger partial charge in [0.25, 0.3) is 5.78 Å². The van der Waals surface area contributed by atoms with Gasteiger partial charge in [-0.25, -0.2) is 4.98 Å². The van der Waals surface area contributed by atoms with Crippen LogP contribution in [0, 0.1) is 6.92 Å². The lowest BCUT2D eigenvalue weighted by Crippen LogP contribution is -1.96. The summed E-state index contributed by atoms with van der Waals surface area (Å²) in [5, 5.41) is 14.4. The van der Waals surface area contributed by atoms with Gasteiger partial charge in [-0.2, -0.15) is 5.10 Å². The molecule has 0 aliphatic rings. The first-order valence-corrected chi connectivity index (χ1v) is 2.74. The van der Waals surface area contributed by atoms with Gasteiger partial charge in [0.2, 0.25) is 0 Å². The number of rotatable bonds is 0. The van der Waals surface area contributed by atoms with E-state index in [2.05, 4.69) is 25.6 Å². The minimum absolute atomic E-state index is 0.431. The monoisotopic (exact) mass is 136 g/mol. The molecule has 2 heterocycles. The van der Waals surface area contributed by atoms with E-state index in [1.807, 2.05) is 6.92 Å². The van der Waals surface area contributed by atoms with Crippen LogP contribution in [0.25, 0.3) is 5.78 Å². The van der Waals surface area contributed by atoms with Gasteiger partial charge in [0.05, 0.1) is 11.9 Å². The van der Waals surface area contributed by atoms with Crippen LogP contribution in [0.4, 0.5) is 0 Å². The fraction of sp³-hybridized carbons (Fsp3) is 0.250. The summed E-state index contributed by atoms with van der Waals surface area (Å²) in [7, 11) is 0. The largest absolute Gasteiger partial charge is 0.291 e. The van der Waals surface area contributed by atoms with E-state index in [1.54, 1.807) is 6.20 Å². The van der Waals surface area contributed by atoms with E-state index in [4.69, 9.17) is 0 Å². The van der Waals surface area contributed by atoms with Crippen molar-refractivity contribution in [2.75, 3.05) is 0 Å². The van der Waals surface area contributed by atoms with Gasteiger partial charge in [-0.05, 0) is 17.4 Å². The van der Waals surface area contributed by atoms with Gasteiger partial charge in [-0.15, -0.1) is 0 Å². The highest BCUT2D eigenvalue weighted by Gasteiger charge is 1.96. The van der Waals surface area contributed by atoms with Gasteiger partial charge in [0.15, 0.2) is 0 Å². The van der Waals surface area contributed by atoms with Crippen molar-refractivity contribution in [2.24, 2.45) is 0 Å². The maximum absolute atomic E-state index is 4.00. The molecule has 2 aromatic heterocycles. The molecule has 0 atom stereocenters. The molecular weight excluding hydrogens is 132 g/mol. The maximum atomic E-state index is 4.00. The van der Waals surface area contributed by atoms with Gasteiger partial charge in [-0.3, -0.25) is 0 Å². The van der Waals surface area contributed by atoms with E-state index in [9.17, 15) is 0 Å². The molecule has 0 fully saturated rings.